The zero-order chi connectivity index (χ0) is 22.1. The van der Waals surface area contributed by atoms with E-state index in [0.717, 1.165) is 28.1 Å². The molecular weight excluding hydrogens is 404 g/mol. The Labute approximate surface area is 185 Å². The van der Waals surface area contributed by atoms with Gasteiger partial charge < -0.3 is 13.9 Å². The number of amides is 2. The number of hydrogen-bond donors (Lipinski definition) is 0. The van der Waals surface area contributed by atoms with Crippen LogP contribution in [0.4, 0.5) is 0 Å². The van der Waals surface area contributed by atoms with Crippen LogP contribution in [0.25, 0.3) is 5.52 Å². The van der Waals surface area contributed by atoms with Crippen LogP contribution >= 0.6 is 0 Å². The third-order valence-corrected chi connectivity index (χ3v) is 5.71. The van der Waals surface area contributed by atoms with Crippen molar-refractivity contribution in [3.05, 3.63) is 101 Å². The second kappa shape index (κ2) is 8.23. The molecule has 5 rings (SSSR count). The Morgan fingerprint density at radius 3 is 2.25 bits per heavy atom. The van der Waals surface area contributed by atoms with Crippen LogP contribution in [0.5, 0.6) is 11.5 Å². The number of imide groups is 1. The lowest BCUT2D eigenvalue weighted by molar-refractivity contribution is 0.0656. The maximum atomic E-state index is 12.6. The molecule has 4 aromatic rings. The summed E-state index contributed by atoms with van der Waals surface area (Å²) >= 11 is 0. The fourth-order valence-electron chi connectivity index (χ4n) is 3.99. The van der Waals surface area contributed by atoms with Crippen LogP contribution in [0, 0.1) is 0 Å². The predicted octanol–water partition coefficient (Wildman–Crippen LogP) is 4.37. The van der Waals surface area contributed by atoms with Gasteiger partial charge >= 0.3 is 0 Å². The molecule has 160 valence electrons. The first kappa shape index (κ1) is 19.9. The molecule has 32 heavy (non-hydrogen) atoms. The molecule has 6 nitrogen and oxygen atoms in total. The second-order valence-electron chi connectivity index (χ2n) is 7.71. The summed E-state index contributed by atoms with van der Waals surface area (Å²) in [6, 6.07) is 20.7. The predicted molar refractivity (Wildman–Crippen MR) is 120 cm³/mol. The van der Waals surface area contributed by atoms with Gasteiger partial charge in [-0.2, -0.15) is 0 Å². The minimum absolute atomic E-state index is 0.224. The summed E-state index contributed by atoms with van der Waals surface area (Å²) in [5.41, 5.74) is 3.98. The van der Waals surface area contributed by atoms with E-state index in [9.17, 15) is 9.59 Å². The van der Waals surface area contributed by atoms with E-state index in [4.69, 9.17) is 9.47 Å². The van der Waals surface area contributed by atoms with Gasteiger partial charge in [0.05, 0.1) is 23.8 Å². The molecule has 1 aliphatic rings. The van der Waals surface area contributed by atoms with Gasteiger partial charge in [0.2, 0.25) is 0 Å². The van der Waals surface area contributed by atoms with Crippen molar-refractivity contribution in [2.45, 2.75) is 13.0 Å². The minimum atomic E-state index is -0.224. The van der Waals surface area contributed by atoms with Crippen molar-refractivity contribution in [3.8, 4) is 11.5 Å². The van der Waals surface area contributed by atoms with Gasteiger partial charge in [0.1, 0.15) is 18.1 Å². The fourth-order valence-corrected chi connectivity index (χ4v) is 3.99. The number of hydrogen-bond acceptors (Lipinski definition) is 4. The number of methoxy groups -OCH3 is 1. The maximum absolute atomic E-state index is 12.6. The molecule has 0 atom stereocenters. The maximum Gasteiger partial charge on any atom is 0.261 e. The summed E-state index contributed by atoms with van der Waals surface area (Å²) in [5.74, 6) is 1.14. The second-order valence-corrected chi connectivity index (χ2v) is 7.71. The molecule has 0 saturated carbocycles. The summed E-state index contributed by atoms with van der Waals surface area (Å²) in [6.45, 7) is 0.782. The fraction of sp³-hybridized carbons (Fsp3) is 0.154. The Balaban J connectivity index is 1.29. The summed E-state index contributed by atoms with van der Waals surface area (Å²) < 4.78 is 13.3. The summed E-state index contributed by atoms with van der Waals surface area (Å²) in [6.07, 6.45) is 4.54. The van der Waals surface area contributed by atoms with Crippen molar-refractivity contribution >= 4 is 17.3 Å². The number of aromatic nitrogens is 1. The van der Waals surface area contributed by atoms with E-state index in [2.05, 4.69) is 0 Å². The van der Waals surface area contributed by atoms with Crippen LogP contribution in [-0.2, 0) is 13.0 Å². The van der Waals surface area contributed by atoms with Crippen LogP contribution < -0.4 is 9.47 Å². The lowest BCUT2D eigenvalue weighted by Gasteiger charge is -2.12. The highest BCUT2D eigenvalue weighted by Crippen LogP contribution is 2.26. The molecule has 0 aliphatic carbocycles. The van der Waals surface area contributed by atoms with Crippen molar-refractivity contribution in [2.24, 2.45) is 0 Å². The molecule has 2 aromatic heterocycles. The van der Waals surface area contributed by atoms with Crippen LogP contribution in [0.1, 0.15) is 31.8 Å². The van der Waals surface area contributed by atoms with Crippen molar-refractivity contribution < 1.29 is 19.1 Å². The smallest absolute Gasteiger partial charge is 0.261 e. The highest BCUT2D eigenvalue weighted by atomic mass is 16.5. The Bertz CT molecular complexity index is 1270. The zero-order valence-electron chi connectivity index (χ0n) is 17.7. The molecule has 0 unspecified atom stereocenters. The highest BCUT2D eigenvalue weighted by molar-refractivity contribution is 6.21. The van der Waals surface area contributed by atoms with Gasteiger partial charge in [-0.15, -0.1) is 0 Å². The van der Waals surface area contributed by atoms with E-state index in [1.165, 1.54) is 4.90 Å². The first-order chi connectivity index (χ1) is 15.6. The van der Waals surface area contributed by atoms with E-state index in [1.54, 1.807) is 31.4 Å². The van der Waals surface area contributed by atoms with Gasteiger partial charge in [0, 0.05) is 18.9 Å². The number of benzene rings is 2. The molecular formula is C26H22N2O4. The van der Waals surface area contributed by atoms with Crippen LogP contribution in [0.2, 0.25) is 0 Å². The number of rotatable bonds is 7. The zero-order valence-corrected chi connectivity index (χ0v) is 17.7. The van der Waals surface area contributed by atoms with Crippen LogP contribution in [-0.4, -0.2) is 34.8 Å². The normalized spacial score (nSPS) is 13.0. The number of fused-ring (bicyclic) bond motifs is 2. The standard InChI is InChI=1S/C26H22N2O4/c1-31-20-10-8-18(9-11-20)17-32-24-7-4-13-27-16-19(15-23(24)27)12-14-28-25(29)21-5-2-3-6-22(21)26(28)30/h2-11,13,15-16H,12,14,17H2,1H3. The molecule has 3 heterocycles. The lowest BCUT2D eigenvalue weighted by Crippen LogP contribution is -2.31. The molecule has 0 N–H and O–H groups in total. The Morgan fingerprint density at radius 2 is 1.56 bits per heavy atom. The summed E-state index contributed by atoms with van der Waals surface area (Å²) in [5, 5.41) is 0. The number of nitrogens with zero attached hydrogens (tertiary/aromatic N) is 2. The van der Waals surface area contributed by atoms with E-state index < -0.39 is 0 Å². The van der Waals surface area contributed by atoms with E-state index in [0.29, 0.717) is 30.7 Å². The van der Waals surface area contributed by atoms with E-state index >= 15 is 0 Å². The molecule has 2 aromatic carbocycles. The van der Waals surface area contributed by atoms with Crippen molar-refractivity contribution in [3.63, 3.8) is 0 Å². The molecule has 1 aliphatic heterocycles. The van der Waals surface area contributed by atoms with Crippen LogP contribution in [0.3, 0.4) is 0 Å². The average Bonchev–Trinajstić information content (AvgIpc) is 3.36. The van der Waals surface area contributed by atoms with Gasteiger partial charge in [0.25, 0.3) is 11.8 Å². The highest BCUT2D eigenvalue weighted by Gasteiger charge is 2.34. The lowest BCUT2D eigenvalue weighted by atomic mass is 10.1. The molecule has 0 bridgehead atoms. The van der Waals surface area contributed by atoms with Gasteiger partial charge in [-0.1, -0.05) is 24.3 Å². The quantitative estimate of drug-likeness (QED) is 0.412. The third-order valence-electron chi connectivity index (χ3n) is 5.71. The minimum Gasteiger partial charge on any atom is -0.497 e. The SMILES string of the molecule is COc1ccc(COc2cccn3cc(CCN4C(=O)c5ccccc5C4=O)cc23)cc1. The van der Waals surface area contributed by atoms with Gasteiger partial charge in [-0.3, -0.25) is 14.5 Å². The summed E-state index contributed by atoms with van der Waals surface area (Å²) in [7, 11) is 1.64. The van der Waals surface area contributed by atoms with Crippen molar-refractivity contribution in [2.75, 3.05) is 13.7 Å². The van der Waals surface area contributed by atoms with E-state index in [-0.39, 0.29) is 11.8 Å². The first-order valence-electron chi connectivity index (χ1n) is 10.4. The monoisotopic (exact) mass is 426 g/mol. The Hall–Kier alpha value is -4.06. The topological polar surface area (TPSA) is 60.2 Å². The van der Waals surface area contributed by atoms with Gasteiger partial charge in [-0.05, 0) is 60.0 Å². The number of carbonyl (C=O) groups is 2. The van der Waals surface area contributed by atoms with E-state index in [1.807, 2.05) is 59.3 Å². The van der Waals surface area contributed by atoms with Gasteiger partial charge in [-0.25, -0.2) is 0 Å². The number of carbonyl (C=O) groups excluding carboxylic acids is 2. The van der Waals surface area contributed by atoms with Gasteiger partial charge in [0.15, 0.2) is 0 Å². The van der Waals surface area contributed by atoms with Crippen LogP contribution in [0.15, 0.2) is 79.1 Å². The molecule has 0 fully saturated rings. The Kier molecular flexibility index (Phi) is 5.11. The molecule has 0 saturated heterocycles. The molecule has 0 spiro atoms. The van der Waals surface area contributed by atoms with Crippen molar-refractivity contribution in [1.29, 1.82) is 0 Å². The summed E-state index contributed by atoms with van der Waals surface area (Å²) in [4.78, 5) is 26.5. The van der Waals surface area contributed by atoms with Crippen molar-refractivity contribution in [1.82, 2.24) is 9.30 Å². The average molecular weight is 426 g/mol. The largest absolute Gasteiger partial charge is 0.497 e. The number of pyridine rings is 1. The molecule has 6 heteroatoms. The third kappa shape index (κ3) is 3.60. The molecule has 2 amide bonds. The number of ether oxygens (including phenoxy) is 2. The Morgan fingerprint density at radius 1 is 0.844 bits per heavy atom. The molecule has 0 radical (unpaired) electrons. The first-order valence-corrected chi connectivity index (χ1v) is 10.4.